The second-order valence-electron chi connectivity index (χ2n) is 7.27. The molecule has 33 heavy (non-hydrogen) atoms. The number of aromatic nitrogens is 3. The van der Waals surface area contributed by atoms with Crippen molar-refractivity contribution in [3.05, 3.63) is 58.9 Å². The van der Waals surface area contributed by atoms with Crippen LogP contribution in [-0.2, 0) is 17.8 Å². The first kappa shape index (κ1) is 24.9. The molecule has 0 atom stereocenters. The van der Waals surface area contributed by atoms with Crippen LogP contribution in [0.15, 0.2) is 47.6 Å². The van der Waals surface area contributed by atoms with E-state index in [4.69, 9.17) is 21.1 Å². The first-order chi connectivity index (χ1) is 16.0. The molecule has 2 aromatic carbocycles. The zero-order valence-electron chi connectivity index (χ0n) is 19.1. The molecule has 1 N–H and O–H groups in total. The molecule has 0 fully saturated rings. The number of nitrogens with one attached hydrogen (secondary N) is 1. The monoisotopic (exact) mass is 488 g/mol. The van der Waals surface area contributed by atoms with E-state index in [1.54, 1.807) is 0 Å². The number of carbonyl (C=O) groups excluding carboxylic acids is 1. The fourth-order valence-electron chi connectivity index (χ4n) is 3.28. The average molecular weight is 489 g/mol. The van der Waals surface area contributed by atoms with E-state index in [0.29, 0.717) is 29.7 Å². The van der Waals surface area contributed by atoms with Gasteiger partial charge in [0.25, 0.3) is 0 Å². The molecular formula is C24H29ClN4O3S. The number of amides is 1. The Morgan fingerprint density at radius 1 is 1.12 bits per heavy atom. The van der Waals surface area contributed by atoms with E-state index in [-0.39, 0.29) is 11.7 Å². The average Bonchev–Trinajstić information content (AvgIpc) is 3.19. The lowest BCUT2D eigenvalue weighted by Gasteiger charge is -2.11. The van der Waals surface area contributed by atoms with E-state index in [1.807, 2.05) is 67.8 Å². The normalized spacial score (nSPS) is 10.8. The molecule has 7 nitrogen and oxygen atoms in total. The molecule has 0 aliphatic heterocycles. The lowest BCUT2D eigenvalue weighted by atomic mass is 10.2. The number of anilines is 1. The van der Waals surface area contributed by atoms with Gasteiger partial charge in [-0.3, -0.25) is 4.79 Å². The number of thioether (sulfide) groups is 1. The highest BCUT2D eigenvalue weighted by Crippen LogP contribution is 2.25. The highest BCUT2D eigenvalue weighted by molar-refractivity contribution is 7.99. The van der Waals surface area contributed by atoms with Crippen LogP contribution in [-0.4, -0.2) is 39.6 Å². The number of halogens is 1. The van der Waals surface area contributed by atoms with E-state index in [2.05, 4.69) is 15.5 Å². The van der Waals surface area contributed by atoms with Crippen LogP contribution in [0.5, 0.6) is 11.5 Å². The smallest absolute Gasteiger partial charge is 0.234 e. The minimum Gasteiger partial charge on any atom is -0.493 e. The number of hydrogen-bond donors (Lipinski definition) is 1. The molecule has 0 radical (unpaired) electrons. The van der Waals surface area contributed by atoms with Gasteiger partial charge in [0, 0.05) is 18.0 Å². The predicted molar refractivity (Wildman–Crippen MR) is 133 cm³/mol. The summed E-state index contributed by atoms with van der Waals surface area (Å²) in [5, 5.41) is 13.0. The molecule has 0 saturated carbocycles. The highest BCUT2D eigenvalue weighted by atomic mass is 35.5. The topological polar surface area (TPSA) is 78.3 Å². The van der Waals surface area contributed by atoms with Gasteiger partial charge in [0.05, 0.1) is 24.7 Å². The van der Waals surface area contributed by atoms with Gasteiger partial charge in [-0.2, -0.15) is 0 Å². The van der Waals surface area contributed by atoms with Gasteiger partial charge < -0.3 is 19.4 Å². The molecule has 0 aliphatic carbocycles. The Balaban J connectivity index is 1.50. The van der Waals surface area contributed by atoms with Crippen molar-refractivity contribution >= 4 is 35.0 Å². The zero-order valence-corrected chi connectivity index (χ0v) is 20.7. The maximum atomic E-state index is 12.5. The van der Waals surface area contributed by atoms with Crippen molar-refractivity contribution in [2.45, 2.75) is 45.3 Å². The number of nitrogens with zero attached hydrogens (tertiary/aromatic N) is 3. The van der Waals surface area contributed by atoms with E-state index in [1.165, 1.54) is 11.8 Å². The minimum absolute atomic E-state index is 0.119. The van der Waals surface area contributed by atoms with Crippen LogP contribution >= 0.6 is 23.4 Å². The van der Waals surface area contributed by atoms with E-state index in [0.717, 1.165) is 41.7 Å². The van der Waals surface area contributed by atoms with Crippen LogP contribution in [0.3, 0.4) is 0 Å². The quantitative estimate of drug-likeness (QED) is 0.271. The molecule has 9 heteroatoms. The van der Waals surface area contributed by atoms with Gasteiger partial charge in [-0.15, -0.1) is 10.2 Å². The van der Waals surface area contributed by atoms with Gasteiger partial charge in [0.15, 0.2) is 5.16 Å². The highest BCUT2D eigenvalue weighted by Gasteiger charge is 2.14. The summed E-state index contributed by atoms with van der Waals surface area (Å²) in [4.78, 5) is 12.5. The molecule has 0 unspecified atom stereocenters. The Kier molecular flexibility index (Phi) is 9.45. The van der Waals surface area contributed by atoms with Crippen molar-refractivity contribution in [1.29, 1.82) is 0 Å². The third kappa shape index (κ3) is 7.14. The number of carbonyl (C=O) groups is 1. The Labute approximate surface area is 203 Å². The molecule has 3 rings (SSSR count). The minimum atomic E-state index is -0.119. The zero-order chi connectivity index (χ0) is 23.6. The maximum Gasteiger partial charge on any atom is 0.234 e. The largest absolute Gasteiger partial charge is 0.493 e. The van der Waals surface area contributed by atoms with Crippen LogP contribution in [0.2, 0.25) is 5.02 Å². The van der Waals surface area contributed by atoms with Gasteiger partial charge in [-0.25, -0.2) is 0 Å². The SMILES string of the molecule is CCOc1ccccc1NC(=O)CSc1nnc(CCCOc2ccc(Cl)cc2C)n1CC. The molecule has 0 spiro atoms. The second kappa shape index (κ2) is 12.5. The third-order valence-electron chi connectivity index (χ3n) is 4.84. The summed E-state index contributed by atoms with van der Waals surface area (Å²) < 4.78 is 13.5. The molecule has 0 saturated heterocycles. The summed E-state index contributed by atoms with van der Waals surface area (Å²) in [6, 6.07) is 13.0. The van der Waals surface area contributed by atoms with E-state index >= 15 is 0 Å². The number of aryl methyl sites for hydroxylation is 2. The fourth-order valence-corrected chi connectivity index (χ4v) is 4.33. The van der Waals surface area contributed by atoms with Crippen molar-refractivity contribution in [3.8, 4) is 11.5 Å². The lowest BCUT2D eigenvalue weighted by molar-refractivity contribution is -0.113. The van der Waals surface area contributed by atoms with Gasteiger partial charge in [-0.05, 0) is 63.1 Å². The fraction of sp³-hybridized carbons (Fsp3) is 0.375. The van der Waals surface area contributed by atoms with Crippen LogP contribution in [0.1, 0.15) is 31.7 Å². The summed E-state index contributed by atoms with van der Waals surface area (Å²) in [5.41, 5.74) is 1.68. The Morgan fingerprint density at radius 3 is 2.70 bits per heavy atom. The standard InChI is InChI=1S/C24H29ClN4O3S/c1-4-29-22(11-8-14-32-20-13-12-18(25)15-17(20)3)27-28-24(29)33-16-23(30)26-19-9-6-7-10-21(19)31-5-2/h6-7,9-10,12-13,15H,4-5,8,11,14,16H2,1-3H3,(H,26,30). The molecule has 0 bridgehead atoms. The second-order valence-corrected chi connectivity index (χ2v) is 8.65. The molecule has 1 aromatic heterocycles. The van der Waals surface area contributed by atoms with Crippen LogP contribution in [0.4, 0.5) is 5.69 Å². The molecule has 1 amide bonds. The van der Waals surface area contributed by atoms with Crippen LogP contribution in [0.25, 0.3) is 0 Å². The first-order valence-corrected chi connectivity index (χ1v) is 12.3. The number of hydrogen-bond acceptors (Lipinski definition) is 6. The number of rotatable bonds is 12. The van der Waals surface area contributed by atoms with Crippen molar-refractivity contribution in [2.24, 2.45) is 0 Å². The molecule has 3 aromatic rings. The molecule has 1 heterocycles. The van der Waals surface area contributed by atoms with Crippen molar-refractivity contribution in [1.82, 2.24) is 14.8 Å². The summed E-state index contributed by atoms with van der Waals surface area (Å²) in [5.74, 6) is 2.50. The van der Waals surface area contributed by atoms with Gasteiger partial charge in [0.1, 0.15) is 17.3 Å². The Morgan fingerprint density at radius 2 is 1.94 bits per heavy atom. The number of ether oxygens (including phenoxy) is 2. The Bertz CT molecular complexity index is 1070. The van der Waals surface area contributed by atoms with Gasteiger partial charge >= 0.3 is 0 Å². The van der Waals surface area contributed by atoms with Crippen LogP contribution in [0, 0.1) is 6.92 Å². The van der Waals surface area contributed by atoms with Crippen molar-refractivity contribution in [3.63, 3.8) is 0 Å². The van der Waals surface area contributed by atoms with Crippen molar-refractivity contribution < 1.29 is 14.3 Å². The van der Waals surface area contributed by atoms with E-state index in [9.17, 15) is 4.79 Å². The summed E-state index contributed by atoms with van der Waals surface area (Å²) >= 11 is 7.36. The lowest BCUT2D eigenvalue weighted by Crippen LogP contribution is -2.15. The molecule has 0 aliphatic rings. The number of benzene rings is 2. The predicted octanol–water partition coefficient (Wildman–Crippen LogP) is 5.40. The summed E-state index contributed by atoms with van der Waals surface area (Å²) in [7, 11) is 0. The maximum absolute atomic E-state index is 12.5. The van der Waals surface area contributed by atoms with Crippen molar-refractivity contribution in [2.75, 3.05) is 24.3 Å². The third-order valence-corrected chi connectivity index (χ3v) is 6.04. The summed E-state index contributed by atoms with van der Waals surface area (Å²) in [6.07, 6.45) is 1.54. The van der Waals surface area contributed by atoms with Crippen LogP contribution < -0.4 is 14.8 Å². The van der Waals surface area contributed by atoms with Gasteiger partial charge in [0.2, 0.25) is 5.91 Å². The molecular weight excluding hydrogens is 460 g/mol. The Hall–Kier alpha value is -2.71. The van der Waals surface area contributed by atoms with Gasteiger partial charge in [-0.1, -0.05) is 35.5 Å². The first-order valence-electron chi connectivity index (χ1n) is 11.0. The molecule has 176 valence electrons. The summed E-state index contributed by atoms with van der Waals surface area (Å²) in [6.45, 7) is 7.77. The number of para-hydroxylation sites is 2. The van der Waals surface area contributed by atoms with E-state index < -0.39 is 0 Å².